The summed E-state index contributed by atoms with van der Waals surface area (Å²) in [6.45, 7) is 4.13. The number of nitrogens with zero attached hydrogens (tertiary/aromatic N) is 2. The molecule has 2 rings (SSSR count). The van der Waals surface area contributed by atoms with Crippen LogP contribution in [0.2, 0.25) is 0 Å². The normalized spacial score (nSPS) is 17.6. The van der Waals surface area contributed by atoms with Crippen LogP contribution in [0.25, 0.3) is 0 Å². The summed E-state index contributed by atoms with van der Waals surface area (Å²) in [4.78, 5) is 2.11. The van der Waals surface area contributed by atoms with E-state index in [-0.39, 0.29) is 17.0 Å². The highest BCUT2D eigenvalue weighted by atomic mass is 32.2. The van der Waals surface area contributed by atoms with E-state index in [9.17, 15) is 18.5 Å². The Morgan fingerprint density at radius 3 is 2.36 bits per heavy atom. The number of β-amino-alcohol motifs (C(OH)–C–C–N with tert-alkyl or cyclic N) is 1. The van der Waals surface area contributed by atoms with Crippen LogP contribution < -0.4 is 5.46 Å². The molecular weight excluding hydrogens is 307 g/mol. The van der Waals surface area contributed by atoms with Crippen LogP contribution in [0.4, 0.5) is 0 Å². The molecule has 22 heavy (non-hydrogen) atoms. The van der Waals surface area contributed by atoms with Gasteiger partial charge < -0.3 is 15.2 Å². The van der Waals surface area contributed by atoms with E-state index in [0.717, 1.165) is 0 Å². The molecule has 9 heteroatoms. The van der Waals surface area contributed by atoms with Crippen LogP contribution >= 0.6 is 0 Å². The van der Waals surface area contributed by atoms with E-state index in [0.29, 0.717) is 38.3 Å². The quantitative estimate of drug-likeness (QED) is 0.539. The van der Waals surface area contributed by atoms with Crippen molar-refractivity contribution in [3.63, 3.8) is 0 Å². The molecule has 0 radical (unpaired) electrons. The van der Waals surface area contributed by atoms with Gasteiger partial charge in [-0.2, -0.15) is 4.31 Å². The minimum atomic E-state index is -3.67. The third kappa shape index (κ3) is 3.68. The number of aliphatic hydroxyl groups excluding tert-OH is 1. The number of sulfonamides is 1. The van der Waals surface area contributed by atoms with E-state index in [4.69, 9.17) is 5.11 Å². The van der Waals surface area contributed by atoms with Crippen LogP contribution in [0.1, 0.15) is 5.56 Å². The van der Waals surface area contributed by atoms with Crippen molar-refractivity contribution in [1.82, 2.24) is 9.21 Å². The van der Waals surface area contributed by atoms with Gasteiger partial charge in [-0.1, -0.05) is 12.1 Å². The summed E-state index contributed by atoms with van der Waals surface area (Å²) in [5.41, 5.74) is 0.727. The largest absolute Gasteiger partial charge is 0.488 e. The van der Waals surface area contributed by atoms with E-state index in [1.165, 1.54) is 16.4 Å². The Bertz CT molecular complexity index is 615. The Balaban J connectivity index is 2.22. The maximum atomic E-state index is 12.7. The summed E-state index contributed by atoms with van der Waals surface area (Å²) < 4.78 is 26.9. The van der Waals surface area contributed by atoms with Gasteiger partial charge in [0.05, 0.1) is 11.5 Å². The molecule has 0 saturated carbocycles. The number of rotatable bonds is 5. The van der Waals surface area contributed by atoms with E-state index >= 15 is 0 Å². The van der Waals surface area contributed by atoms with E-state index < -0.39 is 17.1 Å². The first-order valence-electron chi connectivity index (χ1n) is 7.16. The Morgan fingerprint density at radius 2 is 1.82 bits per heavy atom. The van der Waals surface area contributed by atoms with Crippen molar-refractivity contribution in [3.05, 3.63) is 23.8 Å². The molecule has 0 atom stereocenters. The van der Waals surface area contributed by atoms with Crippen molar-refractivity contribution < 1.29 is 23.6 Å². The smallest absolute Gasteiger partial charge is 0.423 e. The SMILES string of the molecule is Cc1ccc(B(O)O)cc1S(=O)(=O)N1CCN(CCO)CC1. The lowest BCUT2D eigenvalue weighted by Gasteiger charge is -2.33. The molecule has 1 aromatic rings. The second-order valence-corrected chi connectivity index (χ2v) is 7.27. The fraction of sp³-hybridized carbons (Fsp3) is 0.538. The van der Waals surface area contributed by atoms with Crippen molar-refractivity contribution >= 4 is 22.6 Å². The molecule has 1 fully saturated rings. The standard InChI is InChI=1S/C13H21BN2O5S/c1-11-2-3-12(14(18)19)10-13(11)22(20,21)16-6-4-15(5-7-16)8-9-17/h2-3,10,17-19H,4-9H2,1H3. The van der Waals surface area contributed by atoms with Crippen LogP contribution in [-0.4, -0.2) is 79.2 Å². The molecule has 0 aliphatic carbocycles. The lowest BCUT2D eigenvalue weighted by molar-refractivity contribution is 0.151. The number of benzene rings is 1. The Morgan fingerprint density at radius 1 is 1.18 bits per heavy atom. The number of piperazine rings is 1. The molecule has 0 aromatic heterocycles. The molecule has 1 aromatic carbocycles. The Labute approximate surface area is 131 Å². The van der Waals surface area contributed by atoms with Gasteiger partial charge in [-0.3, -0.25) is 4.90 Å². The molecular formula is C13H21BN2O5S. The third-order valence-corrected chi connectivity index (χ3v) is 5.92. The topological polar surface area (TPSA) is 101 Å². The molecule has 1 aliphatic heterocycles. The van der Waals surface area contributed by atoms with Gasteiger partial charge in [-0.15, -0.1) is 0 Å². The number of aryl methyl sites for hydroxylation is 1. The number of hydrogen-bond donors (Lipinski definition) is 3. The van der Waals surface area contributed by atoms with Gasteiger partial charge in [0, 0.05) is 32.7 Å². The summed E-state index contributed by atoms with van der Waals surface area (Å²) in [5.74, 6) is 0. The van der Waals surface area contributed by atoms with Crippen LogP contribution in [0.5, 0.6) is 0 Å². The van der Waals surface area contributed by atoms with Crippen molar-refractivity contribution in [1.29, 1.82) is 0 Å². The zero-order chi connectivity index (χ0) is 16.3. The van der Waals surface area contributed by atoms with Gasteiger partial charge in [0.2, 0.25) is 10.0 Å². The fourth-order valence-electron chi connectivity index (χ4n) is 2.53. The molecule has 1 heterocycles. The monoisotopic (exact) mass is 328 g/mol. The predicted octanol–water partition coefficient (Wildman–Crippen LogP) is -2.03. The molecule has 0 bridgehead atoms. The predicted molar refractivity (Wildman–Crippen MR) is 83.3 cm³/mol. The fourth-order valence-corrected chi connectivity index (χ4v) is 4.21. The second-order valence-electron chi connectivity index (χ2n) is 5.37. The Kier molecular flexibility index (Phi) is 5.59. The summed E-state index contributed by atoms with van der Waals surface area (Å²) in [6.07, 6.45) is 0. The van der Waals surface area contributed by atoms with Crippen molar-refractivity contribution in [2.24, 2.45) is 0 Å². The minimum absolute atomic E-state index is 0.0578. The van der Waals surface area contributed by atoms with E-state index in [1.807, 2.05) is 4.90 Å². The van der Waals surface area contributed by atoms with Crippen molar-refractivity contribution in [2.75, 3.05) is 39.3 Å². The summed E-state index contributed by atoms with van der Waals surface area (Å²) in [5, 5.41) is 27.4. The molecule has 0 amide bonds. The van der Waals surface area contributed by atoms with Gasteiger partial charge in [0.25, 0.3) is 0 Å². The van der Waals surface area contributed by atoms with Crippen LogP contribution in [0.15, 0.2) is 23.1 Å². The van der Waals surface area contributed by atoms with Gasteiger partial charge >= 0.3 is 7.12 Å². The minimum Gasteiger partial charge on any atom is -0.423 e. The summed E-state index contributed by atoms with van der Waals surface area (Å²) in [6, 6.07) is 4.39. The lowest BCUT2D eigenvalue weighted by atomic mass is 9.80. The molecule has 7 nitrogen and oxygen atoms in total. The van der Waals surface area contributed by atoms with Gasteiger partial charge in [-0.05, 0) is 24.0 Å². The molecule has 1 aliphatic rings. The Hall–Kier alpha value is -0.965. The maximum absolute atomic E-state index is 12.7. The highest BCUT2D eigenvalue weighted by Gasteiger charge is 2.30. The van der Waals surface area contributed by atoms with Crippen LogP contribution in [0.3, 0.4) is 0 Å². The second kappa shape index (κ2) is 7.07. The lowest BCUT2D eigenvalue weighted by Crippen LogP contribution is -2.49. The average Bonchev–Trinajstić information content (AvgIpc) is 2.48. The maximum Gasteiger partial charge on any atom is 0.488 e. The summed E-state index contributed by atoms with van der Waals surface area (Å²) >= 11 is 0. The molecule has 122 valence electrons. The first-order valence-corrected chi connectivity index (χ1v) is 8.60. The zero-order valence-electron chi connectivity index (χ0n) is 12.5. The number of aliphatic hydroxyl groups is 1. The molecule has 0 unspecified atom stereocenters. The first-order chi connectivity index (χ1) is 10.4. The van der Waals surface area contributed by atoms with Gasteiger partial charge in [0.1, 0.15) is 0 Å². The van der Waals surface area contributed by atoms with Gasteiger partial charge in [0.15, 0.2) is 0 Å². The van der Waals surface area contributed by atoms with Gasteiger partial charge in [-0.25, -0.2) is 8.42 Å². The van der Waals surface area contributed by atoms with E-state index in [1.54, 1.807) is 13.0 Å². The van der Waals surface area contributed by atoms with Crippen molar-refractivity contribution in [3.8, 4) is 0 Å². The van der Waals surface area contributed by atoms with Crippen LogP contribution in [0, 0.1) is 6.92 Å². The zero-order valence-corrected chi connectivity index (χ0v) is 13.3. The van der Waals surface area contributed by atoms with Crippen molar-refractivity contribution in [2.45, 2.75) is 11.8 Å². The summed E-state index contributed by atoms with van der Waals surface area (Å²) in [7, 11) is -5.36. The molecule has 3 N–H and O–H groups in total. The highest BCUT2D eigenvalue weighted by Crippen LogP contribution is 2.20. The number of hydrogen-bond acceptors (Lipinski definition) is 6. The van der Waals surface area contributed by atoms with Crippen LogP contribution in [-0.2, 0) is 10.0 Å². The third-order valence-electron chi connectivity index (χ3n) is 3.88. The molecule has 0 spiro atoms. The first kappa shape index (κ1) is 17.4. The average molecular weight is 328 g/mol. The highest BCUT2D eigenvalue weighted by molar-refractivity contribution is 7.89. The molecule has 1 saturated heterocycles. The van der Waals surface area contributed by atoms with E-state index in [2.05, 4.69) is 0 Å².